The standard InChI is InChI=1S/C15H22FNO2/c16-14-6-4-11(5-7-14)15(19)9-17-8-12-2-1-3-13(12)10-18/h4-7,12-13,15,17-19H,1-3,8-10H2. The molecular formula is C15H22FNO2. The molecule has 0 amide bonds. The quantitative estimate of drug-likeness (QED) is 0.737. The third-order valence-corrected chi connectivity index (χ3v) is 4.05. The number of benzene rings is 1. The lowest BCUT2D eigenvalue weighted by atomic mass is 9.97. The number of rotatable bonds is 6. The summed E-state index contributed by atoms with van der Waals surface area (Å²) in [6.45, 7) is 1.54. The second-order valence-electron chi connectivity index (χ2n) is 5.36. The summed E-state index contributed by atoms with van der Waals surface area (Å²) >= 11 is 0. The van der Waals surface area contributed by atoms with Crippen molar-refractivity contribution >= 4 is 0 Å². The zero-order chi connectivity index (χ0) is 13.7. The molecule has 1 fully saturated rings. The average molecular weight is 267 g/mol. The highest BCUT2D eigenvalue weighted by molar-refractivity contribution is 5.18. The van der Waals surface area contributed by atoms with Gasteiger partial charge in [-0.05, 0) is 48.9 Å². The molecule has 1 aliphatic carbocycles. The Bertz CT molecular complexity index is 382. The molecule has 1 aliphatic rings. The van der Waals surface area contributed by atoms with Gasteiger partial charge in [-0.1, -0.05) is 18.6 Å². The molecule has 0 bridgehead atoms. The lowest BCUT2D eigenvalue weighted by molar-refractivity contribution is 0.163. The fraction of sp³-hybridized carbons (Fsp3) is 0.600. The van der Waals surface area contributed by atoms with E-state index in [2.05, 4.69) is 5.32 Å². The van der Waals surface area contributed by atoms with Gasteiger partial charge in [0.05, 0.1) is 6.10 Å². The predicted octanol–water partition coefficient (Wildman–Crippen LogP) is 1.86. The molecule has 3 N–H and O–H groups in total. The third-order valence-electron chi connectivity index (χ3n) is 4.05. The number of hydrogen-bond donors (Lipinski definition) is 3. The second kappa shape index (κ2) is 6.98. The van der Waals surface area contributed by atoms with Gasteiger partial charge in [0.2, 0.25) is 0 Å². The van der Waals surface area contributed by atoms with E-state index in [9.17, 15) is 14.6 Å². The Morgan fingerprint density at radius 1 is 1.21 bits per heavy atom. The summed E-state index contributed by atoms with van der Waals surface area (Å²) in [5, 5.41) is 22.5. The minimum Gasteiger partial charge on any atom is -0.396 e. The predicted molar refractivity (Wildman–Crippen MR) is 72.1 cm³/mol. The number of nitrogens with one attached hydrogen (secondary N) is 1. The maximum absolute atomic E-state index is 12.8. The molecule has 106 valence electrons. The van der Waals surface area contributed by atoms with Gasteiger partial charge in [-0.15, -0.1) is 0 Å². The van der Waals surface area contributed by atoms with Gasteiger partial charge >= 0.3 is 0 Å². The molecule has 3 nitrogen and oxygen atoms in total. The van der Waals surface area contributed by atoms with Gasteiger partial charge in [0.15, 0.2) is 0 Å². The highest BCUT2D eigenvalue weighted by Gasteiger charge is 2.26. The lowest BCUT2D eigenvalue weighted by Crippen LogP contribution is -2.30. The van der Waals surface area contributed by atoms with E-state index in [1.54, 1.807) is 12.1 Å². The summed E-state index contributed by atoms with van der Waals surface area (Å²) in [4.78, 5) is 0. The molecule has 0 aliphatic heterocycles. The van der Waals surface area contributed by atoms with Crippen molar-refractivity contribution in [2.24, 2.45) is 11.8 Å². The molecule has 0 radical (unpaired) electrons. The van der Waals surface area contributed by atoms with Crippen molar-refractivity contribution in [1.29, 1.82) is 0 Å². The van der Waals surface area contributed by atoms with Crippen molar-refractivity contribution in [2.75, 3.05) is 19.7 Å². The molecule has 0 saturated heterocycles. The van der Waals surface area contributed by atoms with Crippen LogP contribution in [0.1, 0.15) is 30.9 Å². The highest BCUT2D eigenvalue weighted by Crippen LogP contribution is 2.30. The van der Waals surface area contributed by atoms with Crippen LogP contribution < -0.4 is 5.32 Å². The topological polar surface area (TPSA) is 52.5 Å². The second-order valence-corrected chi connectivity index (χ2v) is 5.36. The van der Waals surface area contributed by atoms with Crippen molar-refractivity contribution in [3.8, 4) is 0 Å². The number of aliphatic hydroxyl groups is 2. The first-order chi connectivity index (χ1) is 9.20. The largest absolute Gasteiger partial charge is 0.396 e. The van der Waals surface area contributed by atoms with Crippen LogP contribution in [-0.2, 0) is 0 Å². The SMILES string of the molecule is OCC1CCCC1CNCC(O)c1ccc(F)cc1. The first-order valence-corrected chi connectivity index (χ1v) is 6.96. The van der Waals surface area contributed by atoms with Gasteiger partial charge in [-0.3, -0.25) is 0 Å². The van der Waals surface area contributed by atoms with Crippen LogP contribution in [0.4, 0.5) is 4.39 Å². The third kappa shape index (κ3) is 4.00. The van der Waals surface area contributed by atoms with Crippen LogP contribution in [0.3, 0.4) is 0 Å². The van der Waals surface area contributed by atoms with Gasteiger partial charge in [0, 0.05) is 13.2 Å². The van der Waals surface area contributed by atoms with Crippen LogP contribution in [0.15, 0.2) is 24.3 Å². The summed E-state index contributed by atoms with van der Waals surface area (Å²) < 4.78 is 12.8. The van der Waals surface area contributed by atoms with E-state index in [0.717, 1.165) is 24.9 Å². The fourth-order valence-electron chi connectivity index (χ4n) is 2.83. The lowest BCUT2D eigenvalue weighted by Gasteiger charge is -2.19. The molecule has 3 unspecified atom stereocenters. The van der Waals surface area contributed by atoms with E-state index < -0.39 is 6.10 Å². The Balaban J connectivity index is 1.74. The van der Waals surface area contributed by atoms with Crippen LogP contribution >= 0.6 is 0 Å². The van der Waals surface area contributed by atoms with E-state index in [4.69, 9.17) is 0 Å². The zero-order valence-electron chi connectivity index (χ0n) is 11.1. The number of halogens is 1. The Morgan fingerprint density at radius 3 is 2.58 bits per heavy atom. The maximum Gasteiger partial charge on any atom is 0.123 e. The first kappa shape index (κ1) is 14.4. The van der Waals surface area contributed by atoms with Crippen molar-refractivity contribution in [2.45, 2.75) is 25.4 Å². The normalized spacial score (nSPS) is 24.6. The molecule has 0 aromatic heterocycles. The Hall–Kier alpha value is -0.970. The van der Waals surface area contributed by atoms with Gasteiger partial charge in [0.25, 0.3) is 0 Å². The molecule has 1 saturated carbocycles. The molecular weight excluding hydrogens is 245 g/mol. The Kier molecular flexibility index (Phi) is 5.31. The summed E-state index contributed by atoms with van der Waals surface area (Å²) in [5.41, 5.74) is 0.721. The van der Waals surface area contributed by atoms with E-state index in [1.165, 1.54) is 18.6 Å². The Labute approximate surface area is 113 Å². The van der Waals surface area contributed by atoms with Crippen LogP contribution in [0.25, 0.3) is 0 Å². The zero-order valence-corrected chi connectivity index (χ0v) is 11.1. The van der Waals surface area contributed by atoms with Gasteiger partial charge in [0.1, 0.15) is 5.82 Å². The molecule has 4 heteroatoms. The number of aliphatic hydroxyl groups excluding tert-OH is 2. The fourth-order valence-corrected chi connectivity index (χ4v) is 2.83. The van der Waals surface area contributed by atoms with Crippen molar-refractivity contribution in [1.82, 2.24) is 5.32 Å². The van der Waals surface area contributed by atoms with Crippen molar-refractivity contribution in [3.05, 3.63) is 35.6 Å². The van der Waals surface area contributed by atoms with Crippen LogP contribution in [0.2, 0.25) is 0 Å². The average Bonchev–Trinajstić information content (AvgIpc) is 2.87. The van der Waals surface area contributed by atoms with E-state index >= 15 is 0 Å². The summed E-state index contributed by atoms with van der Waals surface area (Å²) in [5.74, 6) is 0.613. The van der Waals surface area contributed by atoms with Crippen LogP contribution in [0, 0.1) is 17.7 Å². The molecule has 3 atom stereocenters. The molecule has 0 spiro atoms. The minimum atomic E-state index is -0.616. The summed E-state index contributed by atoms with van der Waals surface area (Å²) in [6.07, 6.45) is 2.81. The number of hydrogen-bond acceptors (Lipinski definition) is 3. The van der Waals surface area contributed by atoms with Gasteiger partial charge in [-0.2, -0.15) is 0 Å². The van der Waals surface area contributed by atoms with Gasteiger partial charge in [-0.25, -0.2) is 4.39 Å². The molecule has 1 aromatic carbocycles. The summed E-state index contributed by atoms with van der Waals surface area (Å²) in [7, 11) is 0. The first-order valence-electron chi connectivity index (χ1n) is 6.96. The smallest absolute Gasteiger partial charge is 0.123 e. The van der Waals surface area contributed by atoms with Crippen molar-refractivity contribution in [3.63, 3.8) is 0 Å². The van der Waals surface area contributed by atoms with Crippen LogP contribution in [0.5, 0.6) is 0 Å². The van der Waals surface area contributed by atoms with Crippen molar-refractivity contribution < 1.29 is 14.6 Å². The Morgan fingerprint density at radius 2 is 1.89 bits per heavy atom. The minimum absolute atomic E-state index is 0.257. The molecule has 0 heterocycles. The molecule has 19 heavy (non-hydrogen) atoms. The monoisotopic (exact) mass is 267 g/mol. The summed E-state index contributed by atoms with van der Waals surface area (Å²) in [6, 6.07) is 5.93. The highest BCUT2D eigenvalue weighted by atomic mass is 19.1. The van der Waals surface area contributed by atoms with E-state index in [-0.39, 0.29) is 12.4 Å². The van der Waals surface area contributed by atoms with E-state index in [0.29, 0.717) is 18.4 Å². The molecule has 2 rings (SSSR count). The van der Waals surface area contributed by atoms with Crippen LogP contribution in [-0.4, -0.2) is 29.9 Å². The van der Waals surface area contributed by atoms with Gasteiger partial charge < -0.3 is 15.5 Å². The molecule has 1 aromatic rings. The maximum atomic E-state index is 12.8. The van der Waals surface area contributed by atoms with E-state index in [1.807, 2.05) is 0 Å².